The minimum atomic E-state index is -0.615. The molecule has 0 atom stereocenters. The van der Waals surface area contributed by atoms with Gasteiger partial charge in [-0.25, -0.2) is 0 Å². The van der Waals surface area contributed by atoms with Crippen molar-refractivity contribution in [1.29, 1.82) is 0 Å². The molecule has 108 valence electrons. The first-order chi connectivity index (χ1) is 8.76. The molecule has 0 spiro atoms. The van der Waals surface area contributed by atoms with E-state index < -0.39 is 5.60 Å². The van der Waals surface area contributed by atoms with Gasteiger partial charge in [-0.15, -0.1) is 0 Å². The fraction of sp³-hybridized carbons (Fsp3) is 0.647. The molecule has 2 nitrogen and oxygen atoms in total. The van der Waals surface area contributed by atoms with E-state index in [1.807, 2.05) is 13.8 Å². The molecule has 0 bridgehead atoms. The third-order valence-corrected chi connectivity index (χ3v) is 3.11. The first kappa shape index (κ1) is 16.2. The summed E-state index contributed by atoms with van der Waals surface area (Å²) >= 11 is 0. The Bertz CT molecular complexity index is 362. The standard InChI is InChI=1S/C17H29NO/c1-14(2)12-16-8-6-15(7-9-16)10-11-18(5)13-17(3,4)19/h6-9,14,19H,10-13H2,1-5H3. The van der Waals surface area contributed by atoms with Gasteiger partial charge in [-0.05, 0) is 50.8 Å². The van der Waals surface area contributed by atoms with E-state index in [1.165, 1.54) is 11.1 Å². The topological polar surface area (TPSA) is 23.5 Å². The Hall–Kier alpha value is -0.860. The number of nitrogens with zero attached hydrogens (tertiary/aromatic N) is 1. The zero-order valence-electron chi connectivity index (χ0n) is 13.1. The van der Waals surface area contributed by atoms with Crippen LogP contribution < -0.4 is 0 Å². The van der Waals surface area contributed by atoms with Gasteiger partial charge in [-0.3, -0.25) is 0 Å². The van der Waals surface area contributed by atoms with Crippen LogP contribution in [0.25, 0.3) is 0 Å². The maximum atomic E-state index is 9.76. The van der Waals surface area contributed by atoms with E-state index in [2.05, 4.69) is 50.1 Å². The zero-order chi connectivity index (χ0) is 14.5. The molecule has 0 aliphatic carbocycles. The summed E-state index contributed by atoms with van der Waals surface area (Å²) in [7, 11) is 2.06. The van der Waals surface area contributed by atoms with E-state index in [1.54, 1.807) is 0 Å². The van der Waals surface area contributed by atoms with Crippen LogP contribution in [0.4, 0.5) is 0 Å². The van der Waals surface area contributed by atoms with E-state index in [9.17, 15) is 5.11 Å². The summed E-state index contributed by atoms with van der Waals surface area (Å²) in [6.07, 6.45) is 2.19. The largest absolute Gasteiger partial charge is 0.389 e. The average molecular weight is 263 g/mol. The van der Waals surface area contributed by atoms with E-state index >= 15 is 0 Å². The average Bonchev–Trinajstić information content (AvgIpc) is 2.25. The Balaban J connectivity index is 2.41. The first-order valence-electron chi connectivity index (χ1n) is 7.25. The van der Waals surface area contributed by atoms with Crippen LogP contribution in [0, 0.1) is 5.92 Å². The normalized spacial score (nSPS) is 12.4. The molecule has 0 aliphatic rings. The Labute approximate surface area is 118 Å². The fourth-order valence-corrected chi connectivity index (χ4v) is 2.37. The number of hydrogen-bond donors (Lipinski definition) is 1. The summed E-state index contributed by atoms with van der Waals surface area (Å²) < 4.78 is 0. The zero-order valence-corrected chi connectivity index (χ0v) is 13.1. The third-order valence-electron chi connectivity index (χ3n) is 3.11. The number of rotatable bonds is 7. The van der Waals surface area contributed by atoms with Gasteiger partial charge in [0.15, 0.2) is 0 Å². The maximum absolute atomic E-state index is 9.76. The first-order valence-corrected chi connectivity index (χ1v) is 7.25. The summed E-state index contributed by atoms with van der Waals surface area (Å²) in [5.74, 6) is 0.712. The monoisotopic (exact) mass is 263 g/mol. The predicted octanol–water partition coefficient (Wildman–Crippen LogP) is 3.13. The van der Waals surface area contributed by atoms with Crippen molar-refractivity contribution in [3.8, 4) is 0 Å². The smallest absolute Gasteiger partial charge is 0.0718 e. The van der Waals surface area contributed by atoms with Crippen LogP contribution in [0.15, 0.2) is 24.3 Å². The van der Waals surface area contributed by atoms with Crippen molar-refractivity contribution in [2.24, 2.45) is 5.92 Å². The van der Waals surface area contributed by atoms with Gasteiger partial charge in [-0.1, -0.05) is 38.1 Å². The van der Waals surface area contributed by atoms with Gasteiger partial charge in [0.1, 0.15) is 0 Å². The summed E-state index contributed by atoms with van der Waals surface area (Å²) in [4.78, 5) is 2.18. The molecule has 1 aromatic rings. The van der Waals surface area contributed by atoms with Crippen molar-refractivity contribution < 1.29 is 5.11 Å². The van der Waals surface area contributed by atoms with Crippen molar-refractivity contribution >= 4 is 0 Å². The van der Waals surface area contributed by atoms with Gasteiger partial charge in [0.25, 0.3) is 0 Å². The highest BCUT2D eigenvalue weighted by Gasteiger charge is 2.15. The van der Waals surface area contributed by atoms with E-state index in [0.29, 0.717) is 12.5 Å². The van der Waals surface area contributed by atoms with Gasteiger partial charge in [0, 0.05) is 13.1 Å². The van der Waals surface area contributed by atoms with Gasteiger partial charge in [0.2, 0.25) is 0 Å². The van der Waals surface area contributed by atoms with Crippen LogP contribution >= 0.6 is 0 Å². The lowest BCUT2D eigenvalue weighted by molar-refractivity contribution is 0.0450. The van der Waals surface area contributed by atoms with Crippen molar-refractivity contribution in [3.05, 3.63) is 35.4 Å². The quantitative estimate of drug-likeness (QED) is 0.817. The number of likely N-dealkylation sites (N-methyl/N-ethyl adjacent to an activating group) is 1. The molecule has 0 saturated heterocycles. The molecule has 0 radical (unpaired) electrons. The van der Waals surface area contributed by atoms with Crippen LogP contribution in [0.2, 0.25) is 0 Å². The van der Waals surface area contributed by atoms with Crippen LogP contribution in [0.5, 0.6) is 0 Å². The molecule has 1 aromatic carbocycles. The molecule has 0 heterocycles. The lowest BCUT2D eigenvalue weighted by Gasteiger charge is -2.25. The SMILES string of the molecule is CC(C)Cc1ccc(CCN(C)CC(C)(C)O)cc1. The van der Waals surface area contributed by atoms with Crippen LogP contribution in [0.1, 0.15) is 38.8 Å². The van der Waals surface area contributed by atoms with E-state index in [-0.39, 0.29) is 0 Å². The van der Waals surface area contributed by atoms with Crippen molar-refractivity contribution in [2.45, 2.75) is 46.1 Å². The predicted molar refractivity (Wildman–Crippen MR) is 82.5 cm³/mol. The molecule has 0 saturated carbocycles. The van der Waals surface area contributed by atoms with Gasteiger partial charge < -0.3 is 10.0 Å². The Morgan fingerprint density at radius 2 is 1.63 bits per heavy atom. The molecule has 0 aliphatic heterocycles. The molecular formula is C17H29NO. The molecule has 0 amide bonds. The maximum Gasteiger partial charge on any atom is 0.0718 e. The molecule has 1 N–H and O–H groups in total. The molecule has 0 aromatic heterocycles. The molecular weight excluding hydrogens is 234 g/mol. The van der Waals surface area contributed by atoms with Crippen LogP contribution in [-0.2, 0) is 12.8 Å². The molecule has 19 heavy (non-hydrogen) atoms. The molecule has 0 unspecified atom stereocenters. The van der Waals surface area contributed by atoms with Crippen LogP contribution in [0.3, 0.4) is 0 Å². The van der Waals surface area contributed by atoms with E-state index in [4.69, 9.17) is 0 Å². The van der Waals surface area contributed by atoms with Gasteiger partial charge in [-0.2, -0.15) is 0 Å². The summed E-state index contributed by atoms with van der Waals surface area (Å²) in [5.41, 5.74) is 2.18. The minimum absolute atomic E-state index is 0.615. The van der Waals surface area contributed by atoms with Crippen molar-refractivity contribution in [1.82, 2.24) is 4.90 Å². The van der Waals surface area contributed by atoms with Crippen molar-refractivity contribution in [2.75, 3.05) is 20.1 Å². The second-order valence-electron chi connectivity index (χ2n) is 6.71. The Morgan fingerprint density at radius 3 is 2.11 bits per heavy atom. The highest BCUT2D eigenvalue weighted by molar-refractivity contribution is 5.23. The van der Waals surface area contributed by atoms with E-state index in [0.717, 1.165) is 19.4 Å². The fourth-order valence-electron chi connectivity index (χ4n) is 2.37. The Kier molecular flexibility index (Phi) is 6.02. The second-order valence-corrected chi connectivity index (χ2v) is 6.71. The lowest BCUT2D eigenvalue weighted by Crippen LogP contribution is -2.37. The highest BCUT2D eigenvalue weighted by atomic mass is 16.3. The van der Waals surface area contributed by atoms with Gasteiger partial charge >= 0.3 is 0 Å². The molecule has 1 rings (SSSR count). The summed E-state index contributed by atoms with van der Waals surface area (Å²) in [6, 6.07) is 8.95. The lowest BCUT2D eigenvalue weighted by atomic mass is 10.0. The highest BCUT2D eigenvalue weighted by Crippen LogP contribution is 2.11. The minimum Gasteiger partial charge on any atom is -0.389 e. The van der Waals surface area contributed by atoms with Gasteiger partial charge in [0.05, 0.1) is 5.60 Å². The number of benzene rings is 1. The summed E-state index contributed by atoms with van der Waals surface area (Å²) in [5, 5.41) is 9.76. The number of hydrogen-bond acceptors (Lipinski definition) is 2. The summed E-state index contributed by atoms with van der Waals surface area (Å²) in [6.45, 7) is 9.89. The second kappa shape index (κ2) is 7.06. The molecule has 2 heteroatoms. The van der Waals surface area contributed by atoms with Crippen LogP contribution in [-0.4, -0.2) is 35.7 Å². The molecule has 0 fully saturated rings. The third kappa shape index (κ3) is 7.34. The van der Waals surface area contributed by atoms with Crippen molar-refractivity contribution in [3.63, 3.8) is 0 Å². The number of aliphatic hydroxyl groups is 1. The Morgan fingerprint density at radius 1 is 1.11 bits per heavy atom.